The van der Waals surface area contributed by atoms with Crippen molar-refractivity contribution in [2.45, 2.75) is 63.5 Å². The van der Waals surface area contributed by atoms with Crippen molar-refractivity contribution in [2.75, 3.05) is 6.61 Å². The molecule has 1 aromatic rings. The molecule has 1 aromatic heterocycles. The highest BCUT2D eigenvalue weighted by Crippen LogP contribution is 2.33. The molecule has 1 aliphatic carbocycles. The van der Waals surface area contributed by atoms with Gasteiger partial charge < -0.3 is 10.5 Å². The van der Waals surface area contributed by atoms with Gasteiger partial charge in [-0.3, -0.25) is 4.68 Å². The van der Waals surface area contributed by atoms with E-state index in [-0.39, 0.29) is 11.6 Å². The zero-order chi connectivity index (χ0) is 13.7. The normalized spacial score (nSPS) is 21.0. The van der Waals surface area contributed by atoms with Crippen molar-refractivity contribution in [3.05, 3.63) is 18.0 Å². The van der Waals surface area contributed by atoms with Crippen molar-refractivity contribution in [1.29, 1.82) is 0 Å². The third-order valence-electron chi connectivity index (χ3n) is 4.27. The second-order valence-corrected chi connectivity index (χ2v) is 5.74. The van der Waals surface area contributed by atoms with Crippen LogP contribution < -0.4 is 5.73 Å². The highest BCUT2D eigenvalue weighted by molar-refractivity contribution is 5.09. The molecule has 0 bridgehead atoms. The predicted octanol–water partition coefficient (Wildman–Crippen LogP) is 2.42. The number of ether oxygens (including phenoxy) is 1. The van der Waals surface area contributed by atoms with Crippen LogP contribution in [0.5, 0.6) is 0 Å². The van der Waals surface area contributed by atoms with Gasteiger partial charge in [0.15, 0.2) is 0 Å². The van der Waals surface area contributed by atoms with Crippen LogP contribution in [-0.2, 0) is 18.2 Å². The smallest absolute Gasteiger partial charge is 0.0835 e. The van der Waals surface area contributed by atoms with Crippen LogP contribution in [0.2, 0.25) is 0 Å². The summed E-state index contributed by atoms with van der Waals surface area (Å²) in [6.07, 6.45) is 12.1. The molecule has 19 heavy (non-hydrogen) atoms. The Morgan fingerprint density at radius 1 is 1.37 bits per heavy atom. The molecule has 1 saturated carbocycles. The minimum absolute atomic E-state index is 0.0646. The number of hydrogen-bond donors (Lipinski definition) is 1. The zero-order valence-electron chi connectivity index (χ0n) is 12.3. The third-order valence-corrected chi connectivity index (χ3v) is 4.27. The van der Waals surface area contributed by atoms with Crippen molar-refractivity contribution in [3.8, 4) is 0 Å². The lowest BCUT2D eigenvalue weighted by Gasteiger charge is -2.38. The highest BCUT2D eigenvalue weighted by Gasteiger charge is 2.37. The Kier molecular flexibility index (Phi) is 4.99. The first kappa shape index (κ1) is 14.5. The molecule has 0 saturated heterocycles. The first-order valence-corrected chi connectivity index (χ1v) is 7.53. The molecular weight excluding hydrogens is 238 g/mol. The summed E-state index contributed by atoms with van der Waals surface area (Å²) in [5.74, 6) is 0. The summed E-state index contributed by atoms with van der Waals surface area (Å²) in [5, 5.41) is 4.22. The number of hydrogen-bond acceptors (Lipinski definition) is 3. The van der Waals surface area contributed by atoms with Crippen LogP contribution in [0.1, 0.15) is 51.0 Å². The predicted molar refractivity (Wildman–Crippen MR) is 76.9 cm³/mol. The summed E-state index contributed by atoms with van der Waals surface area (Å²) in [6.45, 7) is 2.82. The number of aryl methyl sites for hydroxylation is 1. The topological polar surface area (TPSA) is 53.1 Å². The number of nitrogens with zero attached hydrogens (tertiary/aromatic N) is 2. The van der Waals surface area contributed by atoms with E-state index >= 15 is 0 Å². The zero-order valence-corrected chi connectivity index (χ0v) is 12.3. The minimum atomic E-state index is -0.124. The molecule has 1 heterocycles. The maximum absolute atomic E-state index is 6.52. The van der Waals surface area contributed by atoms with Crippen molar-refractivity contribution in [2.24, 2.45) is 12.8 Å². The van der Waals surface area contributed by atoms with Crippen LogP contribution in [0.4, 0.5) is 0 Å². The monoisotopic (exact) mass is 265 g/mol. The van der Waals surface area contributed by atoms with Crippen LogP contribution in [0.15, 0.2) is 12.4 Å². The van der Waals surface area contributed by atoms with E-state index < -0.39 is 0 Å². The molecule has 2 N–H and O–H groups in total. The minimum Gasteiger partial charge on any atom is -0.374 e. The molecule has 0 amide bonds. The summed E-state index contributed by atoms with van der Waals surface area (Å²) in [5.41, 5.74) is 7.60. The summed E-state index contributed by atoms with van der Waals surface area (Å²) in [7, 11) is 1.94. The fourth-order valence-corrected chi connectivity index (χ4v) is 3.25. The fourth-order valence-electron chi connectivity index (χ4n) is 3.25. The molecule has 0 aliphatic heterocycles. The molecular formula is C15H27N3O. The van der Waals surface area contributed by atoms with E-state index in [9.17, 15) is 0 Å². The van der Waals surface area contributed by atoms with Gasteiger partial charge in [-0.15, -0.1) is 0 Å². The van der Waals surface area contributed by atoms with E-state index in [2.05, 4.69) is 18.2 Å². The van der Waals surface area contributed by atoms with Gasteiger partial charge in [0.05, 0.1) is 11.8 Å². The quantitative estimate of drug-likeness (QED) is 0.832. The van der Waals surface area contributed by atoms with E-state index in [0.29, 0.717) is 0 Å². The molecule has 2 rings (SSSR count). The summed E-state index contributed by atoms with van der Waals surface area (Å²) >= 11 is 0. The van der Waals surface area contributed by atoms with Gasteiger partial charge in [0.1, 0.15) is 0 Å². The molecule has 0 aromatic carbocycles. The Bertz CT molecular complexity index is 380. The first-order valence-electron chi connectivity index (χ1n) is 7.53. The van der Waals surface area contributed by atoms with E-state index in [1.165, 1.54) is 31.2 Å². The van der Waals surface area contributed by atoms with Gasteiger partial charge in [-0.2, -0.15) is 5.10 Å². The second-order valence-electron chi connectivity index (χ2n) is 5.74. The van der Waals surface area contributed by atoms with E-state index in [0.717, 1.165) is 25.9 Å². The van der Waals surface area contributed by atoms with Crippen molar-refractivity contribution >= 4 is 0 Å². The molecule has 0 spiro atoms. The van der Waals surface area contributed by atoms with Crippen molar-refractivity contribution in [3.63, 3.8) is 0 Å². The molecule has 1 aliphatic rings. The second kappa shape index (κ2) is 6.53. The maximum Gasteiger partial charge on any atom is 0.0835 e. The largest absolute Gasteiger partial charge is 0.374 e. The fraction of sp³-hybridized carbons (Fsp3) is 0.800. The van der Waals surface area contributed by atoms with Gasteiger partial charge in [0.2, 0.25) is 0 Å². The summed E-state index contributed by atoms with van der Waals surface area (Å²) in [6, 6.07) is 0.0646. The molecule has 4 heteroatoms. The van der Waals surface area contributed by atoms with Crippen LogP contribution in [0, 0.1) is 0 Å². The van der Waals surface area contributed by atoms with Crippen LogP contribution >= 0.6 is 0 Å². The Morgan fingerprint density at radius 2 is 2.05 bits per heavy atom. The maximum atomic E-state index is 6.52. The standard InChI is InChI=1S/C15H27N3O/c1-3-19-15(8-6-4-5-7-9-15)14(16)10-13-11-17-18(2)12-13/h11-12,14H,3-10,16H2,1-2H3. The van der Waals surface area contributed by atoms with Gasteiger partial charge in [-0.25, -0.2) is 0 Å². The number of aromatic nitrogens is 2. The van der Waals surface area contributed by atoms with Gasteiger partial charge in [-0.05, 0) is 31.7 Å². The van der Waals surface area contributed by atoms with Crippen LogP contribution in [-0.4, -0.2) is 28.0 Å². The number of rotatable bonds is 5. The summed E-state index contributed by atoms with van der Waals surface area (Å²) < 4.78 is 7.97. The van der Waals surface area contributed by atoms with Gasteiger partial charge in [-0.1, -0.05) is 25.7 Å². The van der Waals surface area contributed by atoms with Gasteiger partial charge in [0.25, 0.3) is 0 Å². The van der Waals surface area contributed by atoms with E-state index in [4.69, 9.17) is 10.5 Å². The molecule has 1 fully saturated rings. The number of nitrogens with two attached hydrogens (primary N) is 1. The lowest BCUT2D eigenvalue weighted by molar-refractivity contribution is -0.0683. The first-order chi connectivity index (χ1) is 9.16. The highest BCUT2D eigenvalue weighted by atomic mass is 16.5. The summed E-state index contributed by atoms with van der Waals surface area (Å²) in [4.78, 5) is 0. The average molecular weight is 265 g/mol. The van der Waals surface area contributed by atoms with Crippen molar-refractivity contribution in [1.82, 2.24) is 9.78 Å². The Labute approximate surface area is 116 Å². The van der Waals surface area contributed by atoms with E-state index in [1.807, 2.05) is 17.9 Å². The lowest BCUT2D eigenvalue weighted by Crippen LogP contribution is -2.51. The molecule has 4 nitrogen and oxygen atoms in total. The van der Waals surface area contributed by atoms with Gasteiger partial charge >= 0.3 is 0 Å². The molecule has 108 valence electrons. The van der Waals surface area contributed by atoms with Crippen LogP contribution in [0.3, 0.4) is 0 Å². The SMILES string of the molecule is CCOC1(C(N)Cc2cnn(C)c2)CCCCCC1. The average Bonchev–Trinajstić information content (AvgIpc) is 2.65. The van der Waals surface area contributed by atoms with E-state index in [1.54, 1.807) is 0 Å². The lowest BCUT2D eigenvalue weighted by atomic mass is 9.83. The Balaban J connectivity index is 2.08. The van der Waals surface area contributed by atoms with Crippen LogP contribution in [0.25, 0.3) is 0 Å². The third kappa shape index (κ3) is 3.57. The van der Waals surface area contributed by atoms with Gasteiger partial charge in [0, 0.05) is 25.9 Å². The van der Waals surface area contributed by atoms with Crippen molar-refractivity contribution < 1.29 is 4.74 Å². The Morgan fingerprint density at radius 3 is 2.58 bits per heavy atom. The Hall–Kier alpha value is -0.870. The molecule has 0 radical (unpaired) electrons. The molecule has 1 atom stereocenters. The molecule has 1 unspecified atom stereocenters.